The summed E-state index contributed by atoms with van der Waals surface area (Å²) in [6.07, 6.45) is 27.6. The van der Waals surface area contributed by atoms with Crippen LogP contribution in [-0.4, -0.2) is 28.4 Å². The fraction of sp³-hybridized carbons (Fsp3) is 0.360. The molecule has 4 unspecified atom stereocenters. The van der Waals surface area contributed by atoms with E-state index in [-0.39, 0.29) is 0 Å². The van der Waals surface area contributed by atoms with E-state index in [4.69, 9.17) is 18.9 Å². The van der Waals surface area contributed by atoms with Crippen molar-refractivity contribution in [1.29, 1.82) is 0 Å². The van der Waals surface area contributed by atoms with Gasteiger partial charge in [0.2, 0.25) is 22.4 Å². The lowest BCUT2D eigenvalue weighted by atomic mass is 9.87. The first-order valence-corrected chi connectivity index (χ1v) is 38.8. The van der Waals surface area contributed by atoms with Crippen molar-refractivity contribution in [1.82, 2.24) is 0 Å². The van der Waals surface area contributed by atoms with Crippen LogP contribution in [0.15, 0.2) is 205 Å². The molecule has 0 N–H and O–H groups in total. The van der Waals surface area contributed by atoms with E-state index in [1.54, 1.807) is 28.4 Å². The van der Waals surface area contributed by atoms with E-state index in [2.05, 4.69) is 172 Å². The Morgan fingerprint density at radius 2 is 0.442 bits per heavy atom. The molecule has 0 radical (unpaired) electrons. The lowest BCUT2D eigenvalue weighted by Crippen LogP contribution is -2.29. The van der Waals surface area contributed by atoms with Crippen LogP contribution >= 0.6 is 0 Å². The van der Waals surface area contributed by atoms with Crippen molar-refractivity contribution in [3.8, 4) is 93.3 Å². The third-order valence-corrected chi connectivity index (χ3v) is 21.0. The van der Waals surface area contributed by atoms with Crippen molar-refractivity contribution in [2.24, 2.45) is 0 Å². The van der Waals surface area contributed by atoms with E-state index in [0.717, 1.165) is 129 Å². The number of rotatable bonds is 32. The second-order valence-electron chi connectivity index (χ2n) is 28.2. The number of ether oxygens (including phenoxy) is 4. The van der Waals surface area contributed by atoms with Gasteiger partial charge in [-0.1, -0.05) is 348 Å². The Kier molecular flexibility index (Phi) is 27.1. The standard InChI is InChI=1S/C100H104O4/c1-9-13-17-21-29-41-77-53-57-87-88-58-54-78(42-30-22-18-14-10-2)74-92(88)95(91(87)73-77)81-61-65-97(101-5,83-45-33-25-34-46-83)69-71-99(103-7,85-49-37-27-38-50-85)67-63-82(64-68-100(104-8,86-51-39-28-40-52-86)72-70-98(102-6,66-62-81)84-47-35-26-36-48-84)96-93-75-79(43-31-23-19-15-11-3)55-59-89(93)90-60-56-80(76-94(90)96)44-32-24-20-16-12-4/h25-28,33-40,45-60,73-76H,9-24,29-32,41-44H2,1-8H3. The molecule has 104 heavy (non-hydrogen) atoms. The van der Waals surface area contributed by atoms with Crippen LogP contribution in [0, 0.1) is 71.0 Å². The van der Waals surface area contributed by atoms with Crippen LogP contribution in [0.25, 0.3) is 33.4 Å². The molecular weight excluding hydrogens is 1270 g/mol. The molecule has 0 amide bonds. The van der Waals surface area contributed by atoms with E-state index in [1.807, 2.05) is 121 Å². The van der Waals surface area contributed by atoms with E-state index in [9.17, 15) is 0 Å². The first kappa shape index (κ1) is 75.6. The second kappa shape index (κ2) is 37.2. The molecule has 4 atom stereocenters. The number of fused-ring (bicyclic) bond motifs is 6. The summed E-state index contributed by atoms with van der Waals surface area (Å²) in [6, 6.07) is 68.4. The number of hydrogen-bond acceptors (Lipinski definition) is 4. The molecule has 0 aromatic heterocycles. The van der Waals surface area contributed by atoms with Gasteiger partial charge in [0.15, 0.2) is 0 Å². The van der Waals surface area contributed by atoms with E-state index in [1.165, 1.54) is 125 Å². The molecule has 11 rings (SSSR count). The molecule has 4 heteroatoms. The first-order valence-electron chi connectivity index (χ1n) is 38.8. The molecule has 0 saturated heterocycles. The van der Waals surface area contributed by atoms with Gasteiger partial charge in [-0.15, -0.1) is 0 Å². The van der Waals surface area contributed by atoms with Crippen molar-refractivity contribution < 1.29 is 18.9 Å². The van der Waals surface area contributed by atoms with E-state index < -0.39 is 22.4 Å². The molecular formula is C100H104O4. The number of methoxy groups -OCH3 is 4. The van der Waals surface area contributed by atoms with Gasteiger partial charge in [0.1, 0.15) is 0 Å². The highest BCUT2D eigenvalue weighted by Crippen LogP contribution is 2.49. The van der Waals surface area contributed by atoms with Crippen LogP contribution < -0.4 is 0 Å². The summed E-state index contributed by atoms with van der Waals surface area (Å²) in [7, 11) is 6.74. The van der Waals surface area contributed by atoms with Crippen LogP contribution in [0.5, 0.6) is 0 Å². The topological polar surface area (TPSA) is 36.9 Å². The SMILES string of the molecule is CCCCCCCc1ccc2c(c1)C(=C1C#CC(OC)(c3ccccc3)C#CC(OC)(c3ccccc3)C#CC(=C3c4cc(CCCCCCC)ccc4-c4ccc(CCCCCCC)cc43)C#CC(OC)(c3ccccc3)C#CC(OC)(c3ccccc3)C#C1)c1cc(CCCCCCC)ccc1-2. The maximum absolute atomic E-state index is 6.90. The highest BCUT2D eigenvalue weighted by atomic mass is 16.5. The number of hydrogen-bond donors (Lipinski definition) is 0. The molecule has 8 aromatic carbocycles. The molecule has 4 nitrogen and oxygen atoms in total. The number of benzene rings is 8. The van der Waals surface area contributed by atoms with Crippen molar-refractivity contribution in [2.45, 2.75) is 204 Å². The highest BCUT2D eigenvalue weighted by molar-refractivity contribution is 6.06. The lowest BCUT2D eigenvalue weighted by Gasteiger charge is -2.26. The predicted molar refractivity (Wildman–Crippen MR) is 433 cm³/mol. The minimum atomic E-state index is -1.58. The zero-order valence-electron chi connectivity index (χ0n) is 63.1. The molecule has 8 aromatic rings. The number of unbranched alkanes of at least 4 members (excludes halogenated alkanes) is 16. The fourth-order valence-electron chi connectivity index (χ4n) is 14.9. The summed E-state index contributed by atoms with van der Waals surface area (Å²) >= 11 is 0. The van der Waals surface area contributed by atoms with Gasteiger partial charge in [-0.25, -0.2) is 0 Å². The summed E-state index contributed by atoms with van der Waals surface area (Å²) in [5.41, 5.74) is 13.6. The highest BCUT2D eigenvalue weighted by Gasteiger charge is 2.37. The summed E-state index contributed by atoms with van der Waals surface area (Å²) in [5, 5.41) is 0. The normalized spacial score (nSPS) is 18.4. The zero-order chi connectivity index (χ0) is 72.5. The molecule has 0 spiro atoms. The van der Waals surface area contributed by atoms with Gasteiger partial charge in [-0.3, -0.25) is 0 Å². The lowest BCUT2D eigenvalue weighted by molar-refractivity contribution is 0.0800. The Bertz CT molecular complexity index is 4120. The van der Waals surface area contributed by atoms with Crippen LogP contribution in [0.3, 0.4) is 0 Å². The number of allylic oxidation sites excluding steroid dienone is 2. The minimum absolute atomic E-state index is 0.569. The van der Waals surface area contributed by atoms with Gasteiger partial charge in [0, 0.05) is 61.8 Å². The second-order valence-corrected chi connectivity index (χ2v) is 28.2. The Morgan fingerprint density at radius 1 is 0.231 bits per heavy atom. The van der Waals surface area contributed by atoms with E-state index >= 15 is 0 Å². The van der Waals surface area contributed by atoms with Gasteiger partial charge in [-0.05, 0) is 165 Å². The Labute approximate surface area is 624 Å². The van der Waals surface area contributed by atoms with Crippen molar-refractivity contribution in [3.63, 3.8) is 0 Å². The maximum atomic E-state index is 6.90. The monoisotopic (exact) mass is 1370 g/mol. The third-order valence-electron chi connectivity index (χ3n) is 21.0. The Hall–Kier alpha value is -9.56. The Morgan fingerprint density at radius 3 is 0.644 bits per heavy atom. The molecule has 3 aliphatic rings. The van der Waals surface area contributed by atoms with Crippen molar-refractivity contribution in [3.05, 3.63) is 272 Å². The predicted octanol–water partition coefficient (Wildman–Crippen LogP) is 23.2. The quantitative estimate of drug-likeness (QED) is 0.0311. The van der Waals surface area contributed by atoms with Crippen molar-refractivity contribution >= 4 is 11.1 Å². The molecule has 0 bridgehead atoms. The van der Waals surface area contributed by atoms with Crippen LogP contribution in [0.2, 0.25) is 0 Å². The van der Waals surface area contributed by atoms with Crippen LogP contribution in [0.1, 0.15) is 223 Å². The largest absolute Gasteiger partial charge is 0.351 e. The molecule has 0 heterocycles. The molecule has 0 fully saturated rings. The van der Waals surface area contributed by atoms with Gasteiger partial charge in [-0.2, -0.15) is 0 Å². The summed E-state index contributed by atoms with van der Waals surface area (Å²) in [5.74, 6) is 45.2. The van der Waals surface area contributed by atoms with Gasteiger partial charge < -0.3 is 18.9 Å². The molecule has 0 saturated carbocycles. The first-order chi connectivity index (χ1) is 51.1. The van der Waals surface area contributed by atoms with E-state index in [0.29, 0.717) is 11.1 Å². The Balaban J connectivity index is 1.26. The van der Waals surface area contributed by atoms with Gasteiger partial charge in [0.25, 0.3) is 0 Å². The zero-order valence-corrected chi connectivity index (χ0v) is 63.1. The maximum Gasteiger partial charge on any atom is 0.216 e. The molecule has 528 valence electrons. The molecule has 0 aliphatic heterocycles. The van der Waals surface area contributed by atoms with Crippen LogP contribution in [0.4, 0.5) is 0 Å². The fourth-order valence-corrected chi connectivity index (χ4v) is 14.9. The summed E-state index contributed by atoms with van der Waals surface area (Å²) in [4.78, 5) is 0. The average molecular weight is 1370 g/mol. The summed E-state index contributed by atoms with van der Waals surface area (Å²) in [6.45, 7) is 9.09. The minimum Gasteiger partial charge on any atom is -0.351 e. The molecule has 3 aliphatic carbocycles. The summed E-state index contributed by atoms with van der Waals surface area (Å²) < 4.78 is 27.6. The van der Waals surface area contributed by atoms with Crippen molar-refractivity contribution in [2.75, 3.05) is 28.4 Å². The van der Waals surface area contributed by atoms with Crippen LogP contribution in [-0.2, 0) is 67.0 Å². The number of aryl methyl sites for hydroxylation is 4. The van der Waals surface area contributed by atoms with Gasteiger partial charge >= 0.3 is 0 Å². The van der Waals surface area contributed by atoms with Gasteiger partial charge in [0.05, 0.1) is 11.1 Å². The third kappa shape index (κ3) is 17.8. The average Bonchev–Trinajstić information content (AvgIpc) is 1.62. The smallest absolute Gasteiger partial charge is 0.216 e.